The van der Waals surface area contributed by atoms with E-state index < -0.39 is 377 Å². The van der Waals surface area contributed by atoms with Crippen molar-refractivity contribution >= 4 is 176 Å². The number of carbonyl (C=O) groups excluding carboxylic acids is 17. The fourth-order valence-electron chi connectivity index (χ4n) is 14.0. The van der Waals surface area contributed by atoms with Crippen molar-refractivity contribution in [2.75, 3.05) is 37.7 Å². The molecule has 3 rings (SSSR count). The van der Waals surface area contributed by atoms with Gasteiger partial charge in [0.2, 0.25) is 100 Å². The summed E-state index contributed by atoms with van der Waals surface area (Å²) < 4.78 is 0. The Hall–Kier alpha value is -14.3. The molecule has 1 aromatic carbocycles. The number of hydrogen-bond acceptors (Lipinski definition) is 30. The van der Waals surface area contributed by atoms with Crippen LogP contribution in [0.25, 0.3) is 0 Å². The van der Waals surface area contributed by atoms with Crippen molar-refractivity contribution in [1.82, 2.24) is 84.7 Å². The summed E-state index contributed by atoms with van der Waals surface area (Å²) in [6, 6.07) is -23.1. The third kappa shape index (κ3) is 46.6. The predicted octanol–water partition coefficient (Wildman–Crippen LogP) is -9.43. The standard InChI is InChI=1S/C84H130N24O32S2/c1-39(2)32-52(102-67(124)43(85)35-59(86)110)75(132)99-48(19-25-62(115)116)71(128)94-44(14-9-29-91-83(87)88)69(126)98-50(21-27-64(119)120)74(131)106-56-37-141-142-38-57(107-80(137)58-16-11-31-108(58)81(138)51(22-28-65(121)122)101-73(130)49(20-26-63(117)118)100-76(133)53(33-40(3)4)103-78(56)135)79(136)105-55(36-109)77(134)95-45(15-10-30-92-84(89)90)70(127)97-47(18-24-61(113)114)72(129)96-46(17-23-60(111)112)68(125)93-41(5)66(123)104-54(82(139)140)34-42-12-7-6-8-13-42/h6-8,12-13,39-41,43-58,109H,9-11,14-38,85H2,1-5H3,(H2,86,110)(H,93,125)(H,94,128)(H,95,134)(H,96,129)(H,97,127)(H,98,126)(H,99,132)(H,100,133)(H,101,130)(H,102,124)(H,103,135)(H,104,123)(H,105,136)(H,106,131)(H,107,137)(H,111,112)(H,113,114)(H,115,116)(H,117,118)(H,119,120)(H,121,122)(H,139,140)(H4,87,88,91)(H4,89,90,92)/t41-,43-,44-,45-,46-,47-,48-,49-,50-,51+,52-,53+,54-,55-,56+,57-,58-/m0/s1. The molecule has 58 heteroatoms. The van der Waals surface area contributed by atoms with Crippen molar-refractivity contribution in [1.29, 1.82) is 0 Å². The van der Waals surface area contributed by atoms with Gasteiger partial charge in [0.05, 0.1) is 19.1 Å². The molecule has 17 amide bonds. The molecule has 790 valence electrons. The maximum absolute atomic E-state index is 15.2. The lowest BCUT2D eigenvalue weighted by molar-refractivity contribution is -0.144. The Balaban J connectivity index is 2.30. The Morgan fingerprint density at radius 1 is 0.437 bits per heavy atom. The summed E-state index contributed by atoms with van der Waals surface area (Å²) in [4.78, 5) is 337. The third-order valence-corrected chi connectivity index (χ3v) is 23.8. The number of aliphatic hydroxyl groups excluding tert-OH is 1. The van der Waals surface area contributed by atoms with E-state index in [0.717, 1.165) is 11.8 Å². The maximum Gasteiger partial charge on any atom is 0.326 e. The number of guanidine groups is 2. The predicted molar refractivity (Wildman–Crippen MR) is 501 cm³/mol. The first-order valence-electron chi connectivity index (χ1n) is 45.1. The maximum atomic E-state index is 15.2. The van der Waals surface area contributed by atoms with Gasteiger partial charge in [0, 0.05) is 76.1 Å². The Labute approximate surface area is 821 Å². The molecule has 2 saturated heterocycles. The van der Waals surface area contributed by atoms with Gasteiger partial charge >= 0.3 is 41.8 Å². The molecule has 2 heterocycles. The first-order chi connectivity index (χ1) is 66.7. The molecule has 2 aliphatic heterocycles. The van der Waals surface area contributed by atoms with Gasteiger partial charge in [-0.2, -0.15) is 0 Å². The van der Waals surface area contributed by atoms with E-state index >= 15 is 14.4 Å². The largest absolute Gasteiger partial charge is 0.481 e. The smallest absolute Gasteiger partial charge is 0.326 e. The summed E-state index contributed by atoms with van der Waals surface area (Å²) in [6.07, 6.45) is -12.7. The minimum atomic E-state index is -2.20. The first kappa shape index (κ1) is 122. The highest BCUT2D eigenvalue weighted by Gasteiger charge is 2.44. The number of primary amides is 1. The van der Waals surface area contributed by atoms with Gasteiger partial charge in [0.15, 0.2) is 11.9 Å². The number of aliphatic carboxylic acids is 7. The zero-order chi connectivity index (χ0) is 107. The topological polar surface area (TPSA) is 936 Å². The highest BCUT2D eigenvalue weighted by Crippen LogP contribution is 2.26. The van der Waals surface area contributed by atoms with Crippen molar-refractivity contribution in [3.8, 4) is 0 Å². The fraction of sp³-hybridized carbons (Fsp3) is 0.619. The molecule has 0 radical (unpaired) electrons. The van der Waals surface area contributed by atoms with Gasteiger partial charge in [-0.3, -0.25) is 120 Å². The van der Waals surface area contributed by atoms with E-state index in [1.807, 2.05) is 0 Å². The highest BCUT2D eigenvalue weighted by molar-refractivity contribution is 8.76. The normalized spacial score (nSPS) is 18.7. The second-order valence-electron chi connectivity index (χ2n) is 34.1. The number of carboxylic acids is 7. The number of nitrogens with zero attached hydrogens (tertiary/aromatic N) is 3. The summed E-state index contributed by atoms with van der Waals surface area (Å²) in [6.45, 7) is 5.32. The van der Waals surface area contributed by atoms with E-state index in [0.29, 0.717) is 27.2 Å². The first-order valence-corrected chi connectivity index (χ1v) is 47.6. The van der Waals surface area contributed by atoms with Crippen LogP contribution in [0.15, 0.2) is 40.3 Å². The van der Waals surface area contributed by atoms with Gasteiger partial charge in [-0.1, -0.05) is 79.6 Å². The molecule has 0 unspecified atom stereocenters. The van der Waals surface area contributed by atoms with Crippen LogP contribution in [0, 0.1) is 11.8 Å². The monoisotopic (exact) mass is 2050 g/mol. The van der Waals surface area contributed by atoms with Crippen LogP contribution < -0.4 is 114 Å². The van der Waals surface area contributed by atoms with Gasteiger partial charge in [0.1, 0.15) is 96.7 Å². The molecule has 17 atom stereocenters. The number of carboxylic acid groups (broad SMARTS) is 7. The molecule has 56 nitrogen and oxygen atoms in total. The van der Waals surface area contributed by atoms with Gasteiger partial charge in [-0.05, 0) is 114 Å². The van der Waals surface area contributed by atoms with E-state index in [-0.39, 0.29) is 70.5 Å². The summed E-state index contributed by atoms with van der Waals surface area (Å²) in [5, 5.41) is 115. The number of hydrogen-bond donors (Lipinski definition) is 29. The quantitative estimate of drug-likeness (QED) is 0.0125. The van der Waals surface area contributed by atoms with Crippen molar-refractivity contribution in [2.45, 2.75) is 279 Å². The van der Waals surface area contributed by atoms with Crippen LogP contribution >= 0.6 is 21.6 Å². The van der Waals surface area contributed by atoms with Gasteiger partial charge < -0.3 is 160 Å². The Morgan fingerprint density at radius 3 is 1.27 bits per heavy atom. The van der Waals surface area contributed by atoms with Crippen LogP contribution in [-0.2, 0) is 121 Å². The SMILES string of the molecule is CC(C)C[C@H](NC(=O)[C@@H](N)CC(N)=O)C(=O)N[C@@H](CCC(=O)O)C(=O)N[C@@H](CCCN=C(N)N)C(=O)N[C@@H](CCC(=O)O)C(=O)N[C@@H]1CSSC[C@@H](C(=O)N[C@@H](CO)C(=O)N[C@@H](CCCN=C(N)N)C(=O)N[C@@H](CCC(=O)O)C(=O)N[C@@H](CCC(=O)O)C(=O)N[C@@H](C)C(=O)N[C@@H](Cc2ccccc2)C(=O)O)NC(=O)[C@@H]2CCCN2C(=O)[C@@H](CCC(=O)O)NC(=O)[C@H](CCC(=O)O)NC(=O)[C@@H](CC(C)C)NC1=O. The number of nitrogens with one attached hydrogen (secondary N) is 15. The molecule has 35 N–H and O–H groups in total. The number of amides is 17. The number of rotatable bonds is 58. The summed E-state index contributed by atoms with van der Waals surface area (Å²) >= 11 is 0. The molecular weight excluding hydrogens is 1920 g/mol. The second kappa shape index (κ2) is 62.7. The van der Waals surface area contributed by atoms with Crippen LogP contribution in [0.1, 0.15) is 175 Å². The second-order valence-corrected chi connectivity index (χ2v) is 36.6. The number of carbonyl (C=O) groups is 24. The molecule has 0 spiro atoms. The molecule has 0 aliphatic carbocycles. The Kier molecular flexibility index (Phi) is 53.8. The van der Waals surface area contributed by atoms with Crippen molar-refractivity contribution in [3.63, 3.8) is 0 Å². The van der Waals surface area contributed by atoms with Crippen molar-refractivity contribution in [3.05, 3.63) is 35.9 Å². The number of aliphatic imine (C=N–C) groups is 2. The molecular formula is C84H130N24O32S2. The average molecular weight is 2050 g/mol. The van der Waals surface area contributed by atoms with Crippen LogP contribution in [0.2, 0.25) is 0 Å². The van der Waals surface area contributed by atoms with E-state index in [1.54, 1.807) is 58.0 Å². The van der Waals surface area contributed by atoms with Gasteiger partial charge in [-0.15, -0.1) is 0 Å². The zero-order valence-corrected chi connectivity index (χ0v) is 80.3. The van der Waals surface area contributed by atoms with Crippen LogP contribution in [0.5, 0.6) is 0 Å². The van der Waals surface area contributed by atoms with Crippen LogP contribution in [0.3, 0.4) is 0 Å². The summed E-state index contributed by atoms with van der Waals surface area (Å²) in [5.41, 5.74) is 33.7. The highest BCUT2D eigenvalue weighted by atomic mass is 33.1. The van der Waals surface area contributed by atoms with Gasteiger partial charge in [-0.25, -0.2) is 4.79 Å². The number of nitrogens with two attached hydrogens (primary N) is 6. The minimum Gasteiger partial charge on any atom is -0.481 e. The molecule has 2 fully saturated rings. The molecule has 142 heavy (non-hydrogen) atoms. The lowest BCUT2D eigenvalue weighted by Gasteiger charge is -2.31. The van der Waals surface area contributed by atoms with Crippen molar-refractivity contribution in [2.24, 2.45) is 56.2 Å². The molecule has 1 aromatic rings. The molecule has 0 bridgehead atoms. The van der Waals surface area contributed by atoms with E-state index in [1.165, 1.54) is 0 Å². The zero-order valence-electron chi connectivity index (χ0n) is 78.7. The van der Waals surface area contributed by atoms with Crippen LogP contribution in [0.4, 0.5) is 0 Å². The third-order valence-electron chi connectivity index (χ3n) is 21.4. The van der Waals surface area contributed by atoms with Crippen molar-refractivity contribution < 1.29 is 156 Å². The average Bonchev–Trinajstić information content (AvgIpc) is 1.57. The summed E-state index contributed by atoms with van der Waals surface area (Å²) in [5.74, 6) is -34.9. The Bertz CT molecular complexity index is 4680. The lowest BCUT2D eigenvalue weighted by Crippen LogP contribution is -2.61. The van der Waals surface area contributed by atoms with E-state index in [4.69, 9.17) is 34.4 Å². The number of aliphatic hydroxyl groups is 1. The molecule has 0 aromatic heterocycles. The van der Waals surface area contributed by atoms with Gasteiger partial charge in [0.25, 0.3) is 0 Å². The van der Waals surface area contributed by atoms with E-state index in [2.05, 4.69) is 89.7 Å². The van der Waals surface area contributed by atoms with Crippen LogP contribution in [-0.4, -0.2) is 340 Å². The molecule has 0 saturated carbocycles. The molecule has 2 aliphatic rings. The minimum absolute atomic E-state index is 0.00665. The Morgan fingerprint density at radius 2 is 0.838 bits per heavy atom. The van der Waals surface area contributed by atoms with E-state index in [9.17, 15) is 142 Å². The summed E-state index contributed by atoms with van der Waals surface area (Å²) in [7, 11) is 1.19. The number of benzene rings is 1. The number of fused-ring (bicyclic) bond motifs is 1. The fourth-order valence-corrected chi connectivity index (χ4v) is 16.4. The lowest BCUT2D eigenvalue weighted by atomic mass is 10.0.